The molecule has 0 spiro atoms. The minimum absolute atomic E-state index is 0.00502. The third-order valence-electron chi connectivity index (χ3n) is 3.64. The van der Waals surface area contributed by atoms with Gasteiger partial charge in [-0.2, -0.15) is 0 Å². The Bertz CT molecular complexity index is 802. The van der Waals surface area contributed by atoms with Gasteiger partial charge in [-0.15, -0.1) is 0 Å². The third-order valence-corrected chi connectivity index (χ3v) is 3.64. The molecule has 7 heteroatoms. The first-order valence-corrected chi connectivity index (χ1v) is 7.93. The molecule has 2 aromatic carbocycles. The number of methoxy groups -OCH3 is 1. The van der Waals surface area contributed by atoms with Gasteiger partial charge in [0, 0.05) is 16.8 Å². The van der Waals surface area contributed by atoms with Crippen LogP contribution < -0.4 is 15.8 Å². The van der Waals surface area contributed by atoms with Crippen molar-refractivity contribution in [3.8, 4) is 5.75 Å². The van der Waals surface area contributed by atoms with E-state index in [4.69, 9.17) is 15.2 Å². The van der Waals surface area contributed by atoms with Gasteiger partial charge in [-0.3, -0.25) is 14.4 Å². The molecular weight excluding hydrogens is 336 g/mol. The first-order valence-electron chi connectivity index (χ1n) is 7.93. The Morgan fingerprint density at radius 2 is 1.73 bits per heavy atom. The number of anilines is 1. The van der Waals surface area contributed by atoms with Gasteiger partial charge < -0.3 is 20.5 Å². The molecule has 3 N–H and O–H groups in total. The van der Waals surface area contributed by atoms with E-state index in [-0.39, 0.29) is 6.42 Å². The van der Waals surface area contributed by atoms with E-state index in [0.29, 0.717) is 22.6 Å². The Morgan fingerprint density at radius 1 is 1.08 bits per heavy atom. The first-order chi connectivity index (χ1) is 12.4. The molecule has 2 amide bonds. The van der Waals surface area contributed by atoms with E-state index < -0.39 is 23.9 Å². The van der Waals surface area contributed by atoms with Crippen LogP contribution in [0.25, 0.3) is 0 Å². The maximum atomic E-state index is 12.1. The molecule has 0 aliphatic carbocycles. The van der Waals surface area contributed by atoms with E-state index in [0.717, 1.165) is 0 Å². The monoisotopic (exact) mass is 356 g/mol. The van der Waals surface area contributed by atoms with Crippen LogP contribution >= 0.6 is 0 Å². The van der Waals surface area contributed by atoms with Crippen molar-refractivity contribution in [2.75, 3.05) is 12.4 Å². The summed E-state index contributed by atoms with van der Waals surface area (Å²) < 4.78 is 10.4. The Kier molecular flexibility index (Phi) is 6.32. The highest BCUT2D eigenvalue weighted by molar-refractivity contribution is 5.96. The zero-order valence-corrected chi connectivity index (χ0v) is 14.5. The third kappa shape index (κ3) is 5.07. The van der Waals surface area contributed by atoms with Crippen molar-refractivity contribution in [2.45, 2.75) is 19.4 Å². The molecule has 2 rings (SSSR count). The second kappa shape index (κ2) is 8.66. The number of para-hydroxylation sites is 1. The van der Waals surface area contributed by atoms with Crippen LogP contribution in [0.5, 0.6) is 5.75 Å². The highest BCUT2D eigenvalue weighted by Gasteiger charge is 2.19. The minimum Gasteiger partial charge on any atom is -0.496 e. The number of ether oxygens (including phenoxy) is 2. The second-order valence-corrected chi connectivity index (χ2v) is 5.55. The van der Waals surface area contributed by atoms with Gasteiger partial charge in [0.1, 0.15) is 5.75 Å². The molecule has 26 heavy (non-hydrogen) atoms. The fraction of sp³-hybridized carbons (Fsp3) is 0.211. The maximum Gasteiger partial charge on any atom is 0.311 e. The number of hydrogen-bond acceptors (Lipinski definition) is 5. The number of hydrogen-bond donors (Lipinski definition) is 2. The van der Waals surface area contributed by atoms with E-state index in [1.165, 1.54) is 26.2 Å². The van der Waals surface area contributed by atoms with Crippen molar-refractivity contribution in [3.63, 3.8) is 0 Å². The topological polar surface area (TPSA) is 108 Å². The van der Waals surface area contributed by atoms with Crippen molar-refractivity contribution >= 4 is 23.5 Å². The van der Waals surface area contributed by atoms with Crippen LogP contribution in [0.2, 0.25) is 0 Å². The predicted octanol–water partition coefficient (Wildman–Crippen LogP) is 1.91. The molecule has 7 nitrogen and oxygen atoms in total. The second-order valence-electron chi connectivity index (χ2n) is 5.55. The zero-order valence-electron chi connectivity index (χ0n) is 14.5. The van der Waals surface area contributed by atoms with Crippen LogP contribution in [-0.2, 0) is 20.7 Å². The van der Waals surface area contributed by atoms with Gasteiger partial charge in [0.25, 0.3) is 5.91 Å². The lowest BCUT2D eigenvalue weighted by atomic mass is 10.1. The van der Waals surface area contributed by atoms with Crippen LogP contribution in [0.3, 0.4) is 0 Å². The largest absolute Gasteiger partial charge is 0.496 e. The Balaban J connectivity index is 1.91. The maximum absolute atomic E-state index is 12.1. The molecule has 1 atom stereocenters. The van der Waals surface area contributed by atoms with Gasteiger partial charge in [-0.25, -0.2) is 0 Å². The summed E-state index contributed by atoms with van der Waals surface area (Å²) in [6.07, 6.45) is -0.984. The predicted molar refractivity (Wildman–Crippen MR) is 95.8 cm³/mol. The summed E-state index contributed by atoms with van der Waals surface area (Å²) in [5.41, 5.74) is 6.63. The van der Waals surface area contributed by atoms with Crippen molar-refractivity contribution < 1.29 is 23.9 Å². The number of rotatable bonds is 7. The molecule has 0 aliphatic rings. The van der Waals surface area contributed by atoms with Gasteiger partial charge in [-0.05, 0) is 37.3 Å². The highest BCUT2D eigenvalue weighted by Crippen LogP contribution is 2.18. The van der Waals surface area contributed by atoms with Gasteiger partial charge in [0.15, 0.2) is 6.10 Å². The van der Waals surface area contributed by atoms with Gasteiger partial charge in [0.05, 0.1) is 13.5 Å². The van der Waals surface area contributed by atoms with Crippen LogP contribution in [0, 0.1) is 0 Å². The molecule has 0 heterocycles. The standard InChI is InChI=1S/C19H20N2O5/c1-12(19(24)21-15-9-7-13(8-10-15)18(20)23)26-17(22)11-14-5-3-4-6-16(14)25-2/h3-10,12H,11H2,1-2H3,(H2,20,23)(H,21,24)/t12-/m1/s1. The number of nitrogens with two attached hydrogens (primary N) is 1. The van der Waals surface area contributed by atoms with Gasteiger partial charge >= 0.3 is 5.97 Å². The van der Waals surface area contributed by atoms with Crippen molar-refractivity contribution in [1.29, 1.82) is 0 Å². The molecule has 2 aromatic rings. The average Bonchev–Trinajstić information content (AvgIpc) is 2.62. The number of nitrogens with one attached hydrogen (secondary N) is 1. The van der Waals surface area contributed by atoms with E-state index >= 15 is 0 Å². The SMILES string of the molecule is COc1ccccc1CC(=O)O[C@H](C)C(=O)Nc1ccc(C(N)=O)cc1. The lowest BCUT2D eigenvalue weighted by Gasteiger charge is -2.14. The van der Waals surface area contributed by atoms with Crippen molar-refractivity contribution in [1.82, 2.24) is 0 Å². The average molecular weight is 356 g/mol. The van der Waals surface area contributed by atoms with Crippen LogP contribution in [0.1, 0.15) is 22.8 Å². The van der Waals surface area contributed by atoms with E-state index in [2.05, 4.69) is 5.32 Å². The van der Waals surface area contributed by atoms with Crippen molar-refractivity contribution in [2.24, 2.45) is 5.73 Å². The van der Waals surface area contributed by atoms with Crippen LogP contribution in [-0.4, -0.2) is 31.0 Å². The number of esters is 1. The summed E-state index contributed by atoms with van der Waals surface area (Å²) in [6, 6.07) is 13.2. The number of carbonyl (C=O) groups excluding carboxylic acids is 3. The Morgan fingerprint density at radius 3 is 2.35 bits per heavy atom. The van der Waals surface area contributed by atoms with Gasteiger partial charge in [-0.1, -0.05) is 18.2 Å². The van der Waals surface area contributed by atoms with E-state index in [1.54, 1.807) is 36.4 Å². The summed E-state index contributed by atoms with van der Waals surface area (Å²) in [6.45, 7) is 1.48. The lowest BCUT2D eigenvalue weighted by Crippen LogP contribution is -2.30. The fourth-order valence-corrected chi connectivity index (χ4v) is 2.26. The molecule has 0 radical (unpaired) electrons. The quantitative estimate of drug-likeness (QED) is 0.737. The normalized spacial score (nSPS) is 11.3. The number of amides is 2. The Labute approximate surface area is 151 Å². The summed E-state index contributed by atoms with van der Waals surface area (Å²) in [5.74, 6) is -0.996. The van der Waals surface area contributed by atoms with E-state index in [9.17, 15) is 14.4 Å². The molecule has 0 bridgehead atoms. The van der Waals surface area contributed by atoms with Crippen LogP contribution in [0.15, 0.2) is 48.5 Å². The highest BCUT2D eigenvalue weighted by atomic mass is 16.5. The lowest BCUT2D eigenvalue weighted by molar-refractivity contribution is -0.152. The summed E-state index contributed by atoms with van der Waals surface area (Å²) in [7, 11) is 1.52. The number of carbonyl (C=O) groups is 3. The zero-order chi connectivity index (χ0) is 19.1. The molecule has 136 valence electrons. The molecule has 0 saturated heterocycles. The first kappa shape index (κ1) is 19.0. The Hall–Kier alpha value is -3.35. The summed E-state index contributed by atoms with van der Waals surface area (Å²) in [5, 5.41) is 2.61. The molecule has 0 fully saturated rings. The fourth-order valence-electron chi connectivity index (χ4n) is 2.26. The molecule has 0 aliphatic heterocycles. The van der Waals surface area contributed by atoms with Crippen molar-refractivity contribution in [3.05, 3.63) is 59.7 Å². The minimum atomic E-state index is -0.979. The summed E-state index contributed by atoms with van der Waals surface area (Å²) in [4.78, 5) is 35.2. The number of primary amides is 1. The molecule has 0 aromatic heterocycles. The van der Waals surface area contributed by atoms with E-state index in [1.807, 2.05) is 0 Å². The summed E-state index contributed by atoms with van der Waals surface area (Å²) >= 11 is 0. The van der Waals surface area contributed by atoms with Crippen LogP contribution in [0.4, 0.5) is 5.69 Å². The smallest absolute Gasteiger partial charge is 0.311 e. The molecule has 0 saturated carbocycles. The molecule has 0 unspecified atom stereocenters. The van der Waals surface area contributed by atoms with Gasteiger partial charge in [0.2, 0.25) is 5.91 Å². The number of benzene rings is 2. The molecular formula is C19H20N2O5.